The number of amides is 1. The van der Waals surface area contributed by atoms with Crippen molar-refractivity contribution in [1.82, 2.24) is 9.55 Å². The summed E-state index contributed by atoms with van der Waals surface area (Å²) in [6.07, 6.45) is 0.712. The van der Waals surface area contributed by atoms with E-state index in [2.05, 4.69) is 10.3 Å². The van der Waals surface area contributed by atoms with E-state index in [1.807, 2.05) is 29.6 Å². The lowest BCUT2D eigenvalue weighted by atomic mass is 10.2. The van der Waals surface area contributed by atoms with Gasteiger partial charge in [-0.25, -0.2) is 9.78 Å². The van der Waals surface area contributed by atoms with E-state index in [0.717, 1.165) is 0 Å². The number of aromatic nitrogens is 2. The number of para-hydroxylation sites is 1. The molecular formula is C25H23N3O4S2. The molecule has 1 N–H and O–H groups in total. The topological polar surface area (TPSA) is 90.3 Å². The van der Waals surface area contributed by atoms with Crippen molar-refractivity contribution < 1.29 is 14.3 Å². The van der Waals surface area contributed by atoms with Crippen LogP contribution in [-0.4, -0.2) is 33.8 Å². The minimum absolute atomic E-state index is 0.0867. The number of hydrogen-bond acceptors (Lipinski definition) is 7. The zero-order valence-electron chi connectivity index (χ0n) is 18.5. The predicted molar refractivity (Wildman–Crippen MR) is 136 cm³/mol. The number of nitrogens with zero attached hydrogens (tertiary/aromatic N) is 2. The van der Waals surface area contributed by atoms with Gasteiger partial charge in [0.25, 0.3) is 5.56 Å². The van der Waals surface area contributed by atoms with Crippen LogP contribution >= 0.6 is 23.1 Å². The Morgan fingerprint density at radius 1 is 1.09 bits per heavy atom. The molecule has 9 heteroatoms. The highest BCUT2D eigenvalue weighted by Gasteiger charge is 2.14. The molecule has 34 heavy (non-hydrogen) atoms. The van der Waals surface area contributed by atoms with Crippen LogP contribution in [0.1, 0.15) is 22.2 Å². The normalized spacial score (nSPS) is 10.9. The number of aryl methyl sites for hydroxylation is 1. The van der Waals surface area contributed by atoms with Gasteiger partial charge in [0.2, 0.25) is 5.91 Å². The zero-order valence-corrected chi connectivity index (χ0v) is 20.2. The van der Waals surface area contributed by atoms with Crippen LogP contribution in [0.25, 0.3) is 10.9 Å². The van der Waals surface area contributed by atoms with E-state index in [4.69, 9.17) is 4.74 Å². The van der Waals surface area contributed by atoms with Gasteiger partial charge in [-0.3, -0.25) is 14.2 Å². The molecule has 0 atom stereocenters. The van der Waals surface area contributed by atoms with E-state index in [1.54, 1.807) is 59.2 Å². The van der Waals surface area contributed by atoms with Crippen LogP contribution in [0.5, 0.6) is 0 Å². The Balaban J connectivity index is 1.47. The molecule has 2 aromatic carbocycles. The molecule has 0 bridgehead atoms. The van der Waals surface area contributed by atoms with Crippen molar-refractivity contribution in [2.45, 2.75) is 25.0 Å². The third-order valence-corrected chi connectivity index (χ3v) is 6.91. The van der Waals surface area contributed by atoms with Crippen molar-refractivity contribution >= 4 is 51.6 Å². The van der Waals surface area contributed by atoms with Gasteiger partial charge in [-0.15, -0.1) is 11.3 Å². The Morgan fingerprint density at radius 3 is 2.62 bits per heavy atom. The van der Waals surface area contributed by atoms with E-state index in [1.165, 1.54) is 16.6 Å². The van der Waals surface area contributed by atoms with Crippen LogP contribution < -0.4 is 10.9 Å². The number of carbonyl (C=O) groups is 2. The number of carbonyl (C=O) groups excluding carboxylic acids is 2. The Morgan fingerprint density at radius 2 is 1.88 bits per heavy atom. The Kier molecular flexibility index (Phi) is 7.76. The van der Waals surface area contributed by atoms with E-state index in [-0.39, 0.29) is 17.2 Å². The second-order valence-corrected chi connectivity index (χ2v) is 9.31. The molecule has 7 nitrogen and oxygen atoms in total. The standard InChI is InChI=1S/C25H23N3O4S2/c1-2-32-24(31)17-9-11-18(12-10-17)26-22(29)16-34-25-27-21-8-4-3-7-20(21)23(30)28(25)14-13-19-6-5-15-33-19/h3-12,15H,2,13-14,16H2,1H3,(H,26,29). The van der Waals surface area contributed by atoms with Crippen LogP contribution in [0.15, 0.2) is 76.0 Å². The first-order valence-corrected chi connectivity index (χ1v) is 12.6. The number of thioether (sulfide) groups is 1. The maximum absolute atomic E-state index is 13.2. The van der Waals surface area contributed by atoms with E-state index < -0.39 is 5.97 Å². The van der Waals surface area contributed by atoms with E-state index in [9.17, 15) is 14.4 Å². The zero-order chi connectivity index (χ0) is 23.9. The number of esters is 1. The summed E-state index contributed by atoms with van der Waals surface area (Å²) < 4.78 is 6.61. The van der Waals surface area contributed by atoms with Gasteiger partial charge in [0.1, 0.15) is 0 Å². The molecule has 0 saturated heterocycles. The van der Waals surface area contributed by atoms with Crippen molar-refractivity contribution in [3.8, 4) is 0 Å². The highest BCUT2D eigenvalue weighted by Crippen LogP contribution is 2.20. The van der Waals surface area contributed by atoms with Crippen molar-refractivity contribution in [3.05, 3.63) is 86.8 Å². The van der Waals surface area contributed by atoms with Gasteiger partial charge >= 0.3 is 5.97 Å². The van der Waals surface area contributed by atoms with Crippen LogP contribution in [0.3, 0.4) is 0 Å². The van der Waals surface area contributed by atoms with Gasteiger partial charge in [0, 0.05) is 17.1 Å². The molecule has 2 aromatic heterocycles. The number of fused-ring (bicyclic) bond motifs is 1. The SMILES string of the molecule is CCOC(=O)c1ccc(NC(=O)CSc2nc3ccccc3c(=O)n2CCc2cccs2)cc1. The second kappa shape index (κ2) is 11.1. The van der Waals surface area contributed by atoms with Gasteiger partial charge in [0.05, 0.1) is 28.8 Å². The van der Waals surface area contributed by atoms with E-state index in [0.29, 0.717) is 46.9 Å². The number of ether oxygens (including phenoxy) is 1. The first-order chi connectivity index (χ1) is 16.5. The summed E-state index contributed by atoms with van der Waals surface area (Å²) in [4.78, 5) is 43.3. The smallest absolute Gasteiger partial charge is 0.338 e. The Bertz CT molecular complexity index is 1350. The van der Waals surface area contributed by atoms with Crippen molar-refractivity contribution in [2.24, 2.45) is 0 Å². The number of benzene rings is 2. The van der Waals surface area contributed by atoms with Crippen molar-refractivity contribution in [1.29, 1.82) is 0 Å². The average Bonchev–Trinajstić information content (AvgIpc) is 3.37. The van der Waals surface area contributed by atoms with Gasteiger partial charge in [0.15, 0.2) is 5.16 Å². The molecule has 0 aliphatic carbocycles. The number of anilines is 1. The lowest BCUT2D eigenvalue weighted by Crippen LogP contribution is -2.25. The highest BCUT2D eigenvalue weighted by molar-refractivity contribution is 7.99. The van der Waals surface area contributed by atoms with Crippen LogP contribution in [0.2, 0.25) is 0 Å². The Hall–Kier alpha value is -3.43. The molecule has 2 heterocycles. The third kappa shape index (κ3) is 5.73. The summed E-state index contributed by atoms with van der Waals surface area (Å²) in [5.74, 6) is -0.552. The molecule has 0 unspecified atom stereocenters. The summed E-state index contributed by atoms with van der Waals surface area (Å²) in [6.45, 7) is 2.53. The molecule has 0 saturated carbocycles. The molecule has 0 aliphatic heterocycles. The largest absolute Gasteiger partial charge is 0.462 e. The minimum atomic E-state index is -0.404. The van der Waals surface area contributed by atoms with Crippen LogP contribution in [0.4, 0.5) is 5.69 Å². The fraction of sp³-hybridized carbons (Fsp3) is 0.200. The summed E-state index contributed by atoms with van der Waals surface area (Å²) in [5, 5.41) is 5.89. The quantitative estimate of drug-likeness (QED) is 0.208. The lowest BCUT2D eigenvalue weighted by Gasteiger charge is -2.13. The summed E-state index contributed by atoms with van der Waals surface area (Å²) in [6, 6.07) is 17.8. The van der Waals surface area contributed by atoms with Gasteiger partial charge in [-0.05, 0) is 61.2 Å². The fourth-order valence-electron chi connectivity index (χ4n) is 3.36. The maximum Gasteiger partial charge on any atom is 0.338 e. The highest BCUT2D eigenvalue weighted by atomic mass is 32.2. The lowest BCUT2D eigenvalue weighted by molar-refractivity contribution is -0.113. The van der Waals surface area contributed by atoms with Crippen LogP contribution in [-0.2, 0) is 22.5 Å². The number of thiophene rings is 1. The van der Waals surface area contributed by atoms with Gasteiger partial charge in [-0.2, -0.15) is 0 Å². The molecule has 174 valence electrons. The average molecular weight is 494 g/mol. The molecule has 0 radical (unpaired) electrons. The summed E-state index contributed by atoms with van der Waals surface area (Å²) in [5.41, 5.74) is 1.49. The molecular weight excluding hydrogens is 470 g/mol. The Labute approximate surface area is 204 Å². The molecule has 0 spiro atoms. The third-order valence-electron chi connectivity index (χ3n) is 5.00. The first-order valence-electron chi connectivity index (χ1n) is 10.8. The van der Waals surface area contributed by atoms with Gasteiger partial charge in [-0.1, -0.05) is 30.0 Å². The fourth-order valence-corrected chi connectivity index (χ4v) is 4.89. The number of hydrogen-bond donors (Lipinski definition) is 1. The molecule has 0 fully saturated rings. The van der Waals surface area contributed by atoms with Crippen LogP contribution in [0, 0.1) is 0 Å². The summed E-state index contributed by atoms with van der Waals surface area (Å²) >= 11 is 2.87. The molecule has 4 aromatic rings. The number of nitrogens with one attached hydrogen (secondary N) is 1. The molecule has 0 aliphatic rings. The minimum Gasteiger partial charge on any atom is -0.462 e. The molecule has 4 rings (SSSR count). The monoisotopic (exact) mass is 493 g/mol. The molecule has 1 amide bonds. The van der Waals surface area contributed by atoms with E-state index >= 15 is 0 Å². The second-order valence-electron chi connectivity index (χ2n) is 7.33. The number of rotatable bonds is 9. The summed E-state index contributed by atoms with van der Waals surface area (Å²) in [7, 11) is 0. The maximum atomic E-state index is 13.2. The first kappa shape index (κ1) is 23.7. The van der Waals surface area contributed by atoms with Crippen molar-refractivity contribution in [2.75, 3.05) is 17.7 Å². The van der Waals surface area contributed by atoms with Crippen molar-refractivity contribution in [3.63, 3.8) is 0 Å². The van der Waals surface area contributed by atoms with Gasteiger partial charge < -0.3 is 10.1 Å². The predicted octanol–water partition coefficient (Wildman–Crippen LogP) is 4.61.